The van der Waals surface area contributed by atoms with Gasteiger partial charge in [0, 0.05) is 19.2 Å². The van der Waals surface area contributed by atoms with Crippen molar-refractivity contribution in [2.45, 2.75) is 77.3 Å². The summed E-state index contributed by atoms with van der Waals surface area (Å²) in [5.41, 5.74) is 1.57. The highest BCUT2D eigenvalue weighted by molar-refractivity contribution is 6.00. The van der Waals surface area contributed by atoms with Gasteiger partial charge in [0.05, 0.1) is 0 Å². The third-order valence-electron chi connectivity index (χ3n) is 5.44. The summed E-state index contributed by atoms with van der Waals surface area (Å²) in [6, 6.07) is 6.70. The predicted molar refractivity (Wildman–Crippen MR) is 120 cm³/mol. The standard InChI is InChI=1S/C24H34N2O6/c1-23(2,3)12-11-17-18(27)19(32-24(4,5)31-17)20(30-6)22(29)26-16-13-14-9-7-8-10-15(14)25-21(16)28/h7-12,16-20,27H,13H2,1-6H3,(H,25,28)(H,26,29)/t16?,17-,18+,19-,20-/m1/s1. The molecular formula is C24H34N2O6. The smallest absolute Gasteiger partial charge is 0.252 e. The second kappa shape index (κ2) is 9.31. The van der Waals surface area contributed by atoms with Gasteiger partial charge in [-0.25, -0.2) is 0 Å². The molecule has 0 bridgehead atoms. The van der Waals surface area contributed by atoms with Crippen LogP contribution in [-0.4, -0.2) is 60.3 Å². The fourth-order valence-electron chi connectivity index (χ4n) is 3.90. The van der Waals surface area contributed by atoms with Crippen molar-refractivity contribution >= 4 is 17.5 Å². The molecule has 3 rings (SSSR count). The minimum absolute atomic E-state index is 0.107. The lowest BCUT2D eigenvalue weighted by atomic mass is 9.92. The molecule has 8 nitrogen and oxygen atoms in total. The van der Waals surface area contributed by atoms with Gasteiger partial charge in [-0.2, -0.15) is 0 Å². The second-order valence-electron chi connectivity index (χ2n) is 9.85. The molecule has 0 aromatic heterocycles. The molecule has 1 aromatic carbocycles. The van der Waals surface area contributed by atoms with Gasteiger partial charge in [-0.05, 0) is 30.9 Å². The van der Waals surface area contributed by atoms with Crippen molar-refractivity contribution in [3.8, 4) is 0 Å². The number of nitrogens with one attached hydrogen (secondary N) is 2. The van der Waals surface area contributed by atoms with E-state index >= 15 is 0 Å². The number of aliphatic hydroxyl groups is 1. The van der Waals surface area contributed by atoms with Gasteiger partial charge < -0.3 is 30.0 Å². The zero-order valence-electron chi connectivity index (χ0n) is 19.5. The van der Waals surface area contributed by atoms with E-state index in [0.29, 0.717) is 6.42 Å². The van der Waals surface area contributed by atoms with Crippen molar-refractivity contribution in [2.75, 3.05) is 12.4 Å². The first-order valence-corrected chi connectivity index (χ1v) is 10.9. The van der Waals surface area contributed by atoms with E-state index in [0.717, 1.165) is 11.3 Å². The van der Waals surface area contributed by atoms with Gasteiger partial charge >= 0.3 is 0 Å². The minimum Gasteiger partial charge on any atom is -0.387 e. The Morgan fingerprint density at radius 2 is 2.00 bits per heavy atom. The first-order valence-electron chi connectivity index (χ1n) is 10.9. The summed E-state index contributed by atoms with van der Waals surface area (Å²) in [4.78, 5) is 25.6. The number of rotatable bonds is 5. The molecule has 2 amide bonds. The number of carbonyl (C=O) groups is 2. The zero-order valence-corrected chi connectivity index (χ0v) is 19.5. The lowest BCUT2D eigenvalue weighted by molar-refractivity contribution is -0.334. The van der Waals surface area contributed by atoms with Gasteiger partial charge in [-0.3, -0.25) is 9.59 Å². The van der Waals surface area contributed by atoms with Crippen LogP contribution < -0.4 is 10.6 Å². The van der Waals surface area contributed by atoms with Crippen LogP contribution in [0.25, 0.3) is 0 Å². The molecule has 2 heterocycles. The molecule has 0 radical (unpaired) electrons. The molecule has 8 heteroatoms. The molecule has 176 valence electrons. The largest absolute Gasteiger partial charge is 0.387 e. The molecule has 2 aliphatic heterocycles. The number of para-hydroxylation sites is 1. The third kappa shape index (κ3) is 5.75. The van der Waals surface area contributed by atoms with Gasteiger partial charge in [0.1, 0.15) is 24.4 Å². The van der Waals surface area contributed by atoms with Crippen LogP contribution in [0.1, 0.15) is 40.2 Å². The number of aliphatic hydroxyl groups excluding tert-OH is 1. The zero-order chi connectivity index (χ0) is 23.7. The summed E-state index contributed by atoms with van der Waals surface area (Å²) in [6.45, 7) is 9.56. The molecule has 3 N–H and O–H groups in total. The molecule has 32 heavy (non-hydrogen) atoms. The van der Waals surface area contributed by atoms with Crippen LogP contribution in [0.4, 0.5) is 5.69 Å². The summed E-state index contributed by atoms with van der Waals surface area (Å²) in [6.07, 6.45) is 0.157. The van der Waals surface area contributed by atoms with Gasteiger partial charge in [-0.1, -0.05) is 51.1 Å². The number of benzene rings is 1. The SMILES string of the molecule is CO[C@@H](C(=O)NC1Cc2ccccc2NC1=O)[C@@H]1OC(C)(C)O[C@H](C=CC(C)(C)C)[C@@H]1O. The average molecular weight is 447 g/mol. The number of carbonyl (C=O) groups excluding carboxylic acids is 2. The topological polar surface area (TPSA) is 106 Å². The molecule has 1 fully saturated rings. The summed E-state index contributed by atoms with van der Waals surface area (Å²) >= 11 is 0. The minimum atomic E-state index is -1.14. The van der Waals surface area contributed by atoms with Gasteiger partial charge in [-0.15, -0.1) is 0 Å². The second-order valence-corrected chi connectivity index (χ2v) is 9.85. The number of hydrogen-bond donors (Lipinski definition) is 3. The van der Waals surface area contributed by atoms with Gasteiger partial charge in [0.25, 0.3) is 5.91 Å². The monoisotopic (exact) mass is 446 g/mol. The number of allylic oxidation sites excluding steroid dienone is 1. The Kier molecular flexibility index (Phi) is 7.09. The summed E-state index contributed by atoms with van der Waals surface area (Å²) in [7, 11) is 1.37. The quantitative estimate of drug-likeness (QED) is 0.599. The molecule has 2 aliphatic rings. The molecule has 1 unspecified atom stereocenters. The fourth-order valence-corrected chi connectivity index (χ4v) is 3.90. The van der Waals surface area contributed by atoms with Crippen LogP contribution >= 0.6 is 0 Å². The highest BCUT2D eigenvalue weighted by atomic mass is 16.7. The van der Waals surface area contributed by atoms with Crippen LogP contribution in [0.2, 0.25) is 0 Å². The number of ether oxygens (including phenoxy) is 3. The maximum absolute atomic E-state index is 13.1. The van der Waals surface area contributed by atoms with Crippen LogP contribution in [0.5, 0.6) is 0 Å². The molecule has 0 aliphatic carbocycles. The Hall–Kier alpha value is -2.26. The Morgan fingerprint density at radius 1 is 1.31 bits per heavy atom. The van der Waals surface area contributed by atoms with E-state index in [4.69, 9.17) is 14.2 Å². The summed E-state index contributed by atoms with van der Waals surface area (Å²) in [5.74, 6) is -1.88. The Morgan fingerprint density at radius 3 is 2.66 bits per heavy atom. The van der Waals surface area contributed by atoms with Crippen molar-refractivity contribution in [1.29, 1.82) is 0 Å². The maximum atomic E-state index is 13.1. The van der Waals surface area contributed by atoms with Crippen molar-refractivity contribution < 1.29 is 28.9 Å². The maximum Gasteiger partial charge on any atom is 0.252 e. The number of amides is 2. The molecule has 5 atom stereocenters. The third-order valence-corrected chi connectivity index (χ3v) is 5.44. The van der Waals surface area contributed by atoms with Crippen LogP contribution in [0.15, 0.2) is 36.4 Å². The lowest BCUT2D eigenvalue weighted by Gasteiger charge is -2.45. The Labute approximate surface area is 189 Å². The van der Waals surface area contributed by atoms with Crippen LogP contribution in [-0.2, 0) is 30.2 Å². The van der Waals surface area contributed by atoms with Crippen LogP contribution in [0.3, 0.4) is 0 Å². The molecule has 1 saturated heterocycles. The van der Waals surface area contributed by atoms with Gasteiger partial charge in [0.15, 0.2) is 11.9 Å². The first kappa shape index (κ1) is 24.4. The number of fused-ring (bicyclic) bond motifs is 1. The average Bonchev–Trinajstić information content (AvgIpc) is 2.69. The number of methoxy groups -OCH3 is 1. The van der Waals surface area contributed by atoms with Crippen molar-refractivity contribution in [2.24, 2.45) is 5.41 Å². The van der Waals surface area contributed by atoms with E-state index in [-0.39, 0.29) is 11.3 Å². The molecule has 1 aromatic rings. The van der Waals surface area contributed by atoms with Gasteiger partial charge in [0.2, 0.25) is 5.91 Å². The molecule has 0 spiro atoms. The van der Waals surface area contributed by atoms with Crippen molar-refractivity contribution in [3.05, 3.63) is 42.0 Å². The summed E-state index contributed by atoms with van der Waals surface area (Å²) < 4.78 is 17.2. The van der Waals surface area contributed by atoms with Crippen molar-refractivity contribution in [3.63, 3.8) is 0 Å². The highest BCUT2D eigenvalue weighted by Crippen LogP contribution is 2.31. The fraction of sp³-hybridized carbons (Fsp3) is 0.583. The molecular weight excluding hydrogens is 412 g/mol. The highest BCUT2D eigenvalue weighted by Gasteiger charge is 2.48. The van der Waals surface area contributed by atoms with Crippen molar-refractivity contribution in [1.82, 2.24) is 5.32 Å². The van der Waals surface area contributed by atoms with E-state index < -0.39 is 42.2 Å². The van der Waals surface area contributed by atoms with E-state index in [1.165, 1.54) is 7.11 Å². The first-order chi connectivity index (χ1) is 14.9. The Bertz CT molecular complexity index is 875. The number of anilines is 1. The molecule has 0 saturated carbocycles. The number of hydrogen-bond acceptors (Lipinski definition) is 6. The van der Waals surface area contributed by atoms with Crippen LogP contribution in [0, 0.1) is 5.41 Å². The summed E-state index contributed by atoms with van der Waals surface area (Å²) in [5, 5.41) is 16.5. The van der Waals surface area contributed by atoms with E-state index in [1.54, 1.807) is 19.9 Å². The predicted octanol–water partition coefficient (Wildman–Crippen LogP) is 2.16. The van der Waals surface area contributed by atoms with E-state index in [2.05, 4.69) is 10.6 Å². The van der Waals surface area contributed by atoms with E-state index in [9.17, 15) is 14.7 Å². The van der Waals surface area contributed by atoms with E-state index in [1.807, 2.05) is 51.1 Å². The Balaban J connectivity index is 1.76. The lowest BCUT2D eigenvalue weighted by Crippen LogP contribution is -2.62. The normalized spacial score (nSPS) is 28.7.